The zero-order valence-corrected chi connectivity index (χ0v) is 10.8. The molecule has 0 aromatic heterocycles. The summed E-state index contributed by atoms with van der Waals surface area (Å²) in [5.41, 5.74) is 0.594. The fourth-order valence-corrected chi connectivity index (χ4v) is 2.49. The molecule has 1 saturated carbocycles. The van der Waals surface area contributed by atoms with Crippen LogP contribution in [0.4, 0.5) is 0 Å². The van der Waals surface area contributed by atoms with E-state index in [-0.39, 0.29) is 0 Å². The van der Waals surface area contributed by atoms with E-state index < -0.39 is 0 Å². The van der Waals surface area contributed by atoms with E-state index in [1.54, 1.807) is 0 Å². The van der Waals surface area contributed by atoms with Gasteiger partial charge in [-0.15, -0.1) is 0 Å². The van der Waals surface area contributed by atoms with Crippen LogP contribution in [-0.4, -0.2) is 38.6 Å². The summed E-state index contributed by atoms with van der Waals surface area (Å²) in [7, 11) is 4.28. The molecule has 0 amide bonds. The van der Waals surface area contributed by atoms with Crippen LogP contribution in [0.15, 0.2) is 0 Å². The van der Waals surface area contributed by atoms with Crippen molar-refractivity contribution in [2.75, 3.05) is 33.7 Å². The normalized spacial score (nSPS) is 20.8. The Kier molecular flexibility index (Phi) is 5.62. The lowest BCUT2D eigenvalue weighted by Gasteiger charge is -2.33. The summed E-state index contributed by atoms with van der Waals surface area (Å²) < 4.78 is 0. The largest absolute Gasteiger partial charge is 0.316 e. The molecule has 0 aliphatic heterocycles. The Morgan fingerprint density at radius 1 is 1.13 bits per heavy atom. The molecule has 0 saturated heterocycles. The van der Waals surface area contributed by atoms with Crippen molar-refractivity contribution in [3.8, 4) is 0 Å². The van der Waals surface area contributed by atoms with E-state index >= 15 is 0 Å². The maximum atomic E-state index is 3.62. The Bertz CT molecular complexity index is 160. The summed E-state index contributed by atoms with van der Waals surface area (Å²) in [5, 5.41) is 3.62. The molecule has 1 aliphatic rings. The molecule has 1 fully saturated rings. The fourth-order valence-electron chi connectivity index (χ4n) is 2.49. The van der Waals surface area contributed by atoms with Gasteiger partial charge in [-0.25, -0.2) is 0 Å². The SMILES string of the molecule is CN(C)CCCNCC1(C)CCCCC1. The molecule has 0 radical (unpaired) electrons. The van der Waals surface area contributed by atoms with Gasteiger partial charge in [0.15, 0.2) is 0 Å². The molecule has 0 heterocycles. The van der Waals surface area contributed by atoms with Gasteiger partial charge < -0.3 is 10.2 Å². The first kappa shape index (κ1) is 13.0. The minimum absolute atomic E-state index is 0.594. The molecule has 0 spiro atoms. The van der Waals surface area contributed by atoms with Gasteiger partial charge in [0.1, 0.15) is 0 Å². The second-order valence-electron chi connectivity index (χ2n) is 5.70. The lowest BCUT2D eigenvalue weighted by atomic mass is 9.76. The van der Waals surface area contributed by atoms with E-state index in [0.717, 1.165) is 0 Å². The maximum Gasteiger partial charge on any atom is 0.000517 e. The highest BCUT2D eigenvalue weighted by atomic mass is 15.1. The maximum absolute atomic E-state index is 3.62. The van der Waals surface area contributed by atoms with Crippen molar-refractivity contribution >= 4 is 0 Å². The van der Waals surface area contributed by atoms with Gasteiger partial charge in [0.25, 0.3) is 0 Å². The Morgan fingerprint density at radius 3 is 2.40 bits per heavy atom. The summed E-state index contributed by atoms with van der Waals surface area (Å²) in [6, 6.07) is 0. The molecule has 0 aromatic rings. The molecule has 2 nitrogen and oxygen atoms in total. The lowest BCUT2D eigenvalue weighted by Crippen LogP contribution is -2.34. The number of nitrogens with one attached hydrogen (secondary N) is 1. The van der Waals surface area contributed by atoms with Crippen LogP contribution in [0.3, 0.4) is 0 Å². The third-order valence-corrected chi connectivity index (χ3v) is 3.57. The van der Waals surface area contributed by atoms with Gasteiger partial charge in [0, 0.05) is 6.54 Å². The van der Waals surface area contributed by atoms with Gasteiger partial charge in [-0.1, -0.05) is 26.2 Å². The van der Waals surface area contributed by atoms with Gasteiger partial charge in [-0.3, -0.25) is 0 Å². The predicted molar refractivity (Wildman–Crippen MR) is 67.2 cm³/mol. The molecule has 0 bridgehead atoms. The predicted octanol–water partition coefficient (Wildman–Crippen LogP) is 2.50. The van der Waals surface area contributed by atoms with E-state index in [1.165, 1.54) is 58.2 Å². The molecule has 0 atom stereocenters. The number of hydrogen-bond acceptors (Lipinski definition) is 2. The highest BCUT2D eigenvalue weighted by Gasteiger charge is 2.25. The van der Waals surface area contributed by atoms with Crippen molar-refractivity contribution < 1.29 is 0 Å². The third-order valence-electron chi connectivity index (χ3n) is 3.57. The zero-order chi connectivity index (χ0) is 11.1. The number of hydrogen-bond donors (Lipinski definition) is 1. The van der Waals surface area contributed by atoms with Gasteiger partial charge in [0.2, 0.25) is 0 Å². The van der Waals surface area contributed by atoms with Crippen LogP contribution in [0, 0.1) is 5.41 Å². The topological polar surface area (TPSA) is 15.3 Å². The average molecular weight is 212 g/mol. The van der Waals surface area contributed by atoms with Crippen LogP contribution in [0.2, 0.25) is 0 Å². The van der Waals surface area contributed by atoms with E-state index in [2.05, 4.69) is 31.2 Å². The van der Waals surface area contributed by atoms with Gasteiger partial charge in [0.05, 0.1) is 0 Å². The lowest BCUT2D eigenvalue weighted by molar-refractivity contribution is 0.207. The minimum Gasteiger partial charge on any atom is -0.316 e. The van der Waals surface area contributed by atoms with Crippen LogP contribution in [0.25, 0.3) is 0 Å². The highest BCUT2D eigenvalue weighted by Crippen LogP contribution is 2.34. The Labute approximate surface area is 95.4 Å². The van der Waals surface area contributed by atoms with Crippen LogP contribution in [0.5, 0.6) is 0 Å². The molecule has 2 heteroatoms. The van der Waals surface area contributed by atoms with Crippen LogP contribution < -0.4 is 5.32 Å². The summed E-state index contributed by atoms with van der Waals surface area (Å²) in [6.45, 7) is 6.04. The molecule has 0 aromatic carbocycles. The van der Waals surface area contributed by atoms with E-state index in [4.69, 9.17) is 0 Å². The van der Waals surface area contributed by atoms with Gasteiger partial charge >= 0.3 is 0 Å². The van der Waals surface area contributed by atoms with Crippen LogP contribution in [-0.2, 0) is 0 Å². The van der Waals surface area contributed by atoms with Crippen LogP contribution >= 0.6 is 0 Å². The highest BCUT2D eigenvalue weighted by molar-refractivity contribution is 4.80. The van der Waals surface area contributed by atoms with E-state index in [1.807, 2.05) is 0 Å². The first-order valence-corrected chi connectivity index (χ1v) is 6.48. The molecule has 90 valence electrons. The van der Waals surface area contributed by atoms with Crippen molar-refractivity contribution in [2.24, 2.45) is 5.41 Å². The molecule has 15 heavy (non-hydrogen) atoms. The average Bonchev–Trinajstić information content (AvgIpc) is 2.17. The van der Waals surface area contributed by atoms with Crippen molar-refractivity contribution in [1.29, 1.82) is 0 Å². The van der Waals surface area contributed by atoms with Gasteiger partial charge in [-0.2, -0.15) is 0 Å². The third kappa shape index (κ3) is 5.53. The van der Waals surface area contributed by atoms with Crippen molar-refractivity contribution in [3.05, 3.63) is 0 Å². The summed E-state index contributed by atoms with van der Waals surface area (Å²) in [5.74, 6) is 0. The van der Waals surface area contributed by atoms with Crippen molar-refractivity contribution in [3.63, 3.8) is 0 Å². The van der Waals surface area contributed by atoms with E-state index in [9.17, 15) is 0 Å². The first-order chi connectivity index (χ1) is 7.12. The fraction of sp³-hybridized carbons (Fsp3) is 1.00. The standard InChI is InChI=1S/C13H28N2/c1-13(8-5-4-6-9-13)12-14-10-7-11-15(2)3/h14H,4-12H2,1-3H3. The quantitative estimate of drug-likeness (QED) is 0.681. The minimum atomic E-state index is 0.594. The molecule has 1 N–H and O–H groups in total. The van der Waals surface area contributed by atoms with Crippen molar-refractivity contribution in [2.45, 2.75) is 45.4 Å². The Morgan fingerprint density at radius 2 is 1.80 bits per heavy atom. The smallest absolute Gasteiger partial charge is 0.000517 e. The number of rotatable bonds is 6. The van der Waals surface area contributed by atoms with E-state index in [0.29, 0.717) is 5.41 Å². The summed E-state index contributed by atoms with van der Waals surface area (Å²) in [4.78, 5) is 2.25. The van der Waals surface area contributed by atoms with Crippen molar-refractivity contribution in [1.82, 2.24) is 10.2 Å². The second-order valence-corrected chi connectivity index (χ2v) is 5.70. The molecular weight excluding hydrogens is 184 g/mol. The Balaban J connectivity index is 2.03. The number of nitrogens with zero attached hydrogens (tertiary/aromatic N) is 1. The summed E-state index contributed by atoms with van der Waals surface area (Å²) in [6.07, 6.45) is 8.45. The molecule has 1 rings (SSSR count). The zero-order valence-electron chi connectivity index (χ0n) is 10.8. The molecule has 0 unspecified atom stereocenters. The Hall–Kier alpha value is -0.0800. The first-order valence-electron chi connectivity index (χ1n) is 6.48. The second kappa shape index (κ2) is 6.49. The van der Waals surface area contributed by atoms with Crippen LogP contribution in [0.1, 0.15) is 45.4 Å². The van der Waals surface area contributed by atoms with Gasteiger partial charge in [-0.05, 0) is 51.9 Å². The molecule has 1 aliphatic carbocycles. The summed E-state index contributed by atoms with van der Waals surface area (Å²) >= 11 is 0. The monoisotopic (exact) mass is 212 g/mol. The molecular formula is C13H28N2.